The Morgan fingerprint density at radius 1 is 1.29 bits per heavy atom. The standard InChI is InChI=1S/C5H10O3.C4H6O2/c1-5(2,3)4(6)8-7;1-3(2)4(5)6/h7H,1-3H3;1H2,2H3,(H,5,6). The van der Waals surface area contributed by atoms with Gasteiger partial charge in [-0.2, -0.15) is 5.26 Å². The van der Waals surface area contributed by atoms with Crippen LogP contribution in [-0.2, 0) is 14.5 Å². The zero-order valence-electron chi connectivity index (χ0n) is 8.83. The zero-order valence-corrected chi connectivity index (χ0v) is 8.83. The summed E-state index contributed by atoms with van der Waals surface area (Å²) < 4.78 is 0. The summed E-state index contributed by atoms with van der Waals surface area (Å²) in [5.74, 6) is -1.55. The first-order valence-corrected chi connectivity index (χ1v) is 3.87. The fraction of sp³-hybridized carbons (Fsp3) is 0.556. The van der Waals surface area contributed by atoms with Crippen LogP contribution in [0, 0.1) is 5.41 Å². The highest BCUT2D eigenvalue weighted by atomic mass is 17.1. The second-order valence-corrected chi connectivity index (χ2v) is 3.71. The highest BCUT2D eigenvalue weighted by molar-refractivity contribution is 5.84. The van der Waals surface area contributed by atoms with E-state index in [1.54, 1.807) is 20.8 Å². The number of hydrogen-bond donors (Lipinski definition) is 2. The van der Waals surface area contributed by atoms with E-state index in [1.165, 1.54) is 6.92 Å². The average molecular weight is 204 g/mol. The van der Waals surface area contributed by atoms with Gasteiger partial charge in [0.25, 0.3) is 0 Å². The molecule has 0 amide bonds. The quantitative estimate of drug-likeness (QED) is 0.386. The van der Waals surface area contributed by atoms with Crippen molar-refractivity contribution in [1.82, 2.24) is 0 Å². The lowest BCUT2D eigenvalue weighted by molar-refractivity contribution is -0.243. The molecular formula is C9H16O5. The molecule has 82 valence electrons. The Kier molecular flexibility index (Phi) is 6.64. The van der Waals surface area contributed by atoms with E-state index in [0.717, 1.165) is 0 Å². The first-order valence-electron chi connectivity index (χ1n) is 3.87. The molecule has 5 nitrogen and oxygen atoms in total. The highest BCUT2D eigenvalue weighted by Crippen LogP contribution is 2.13. The second kappa shape index (κ2) is 6.15. The predicted octanol–water partition coefficient (Wildman–Crippen LogP) is 1.70. The third-order valence-corrected chi connectivity index (χ3v) is 1.06. The summed E-state index contributed by atoms with van der Waals surface area (Å²) in [6, 6.07) is 0. The molecule has 0 saturated heterocycles. The van der Waals surface area contributed by atoms with Gasteiger partial charge in [0.15, 0.2) is 0 Å². The summed E-state index contributed by atoms with van der Waals surface area (Å²) in [7, 11) is 0. The van der Waals surface area contributed by atoms with Crippen molar-refractivity contribution in [2.75, 3.05) is 0 Å². The summed E-state index contributed by atoms with van der Waals surface area (Å²) in [4.78, 5) is 23.4. The fourth-order valence-electron chi connectivity index (χ4n) is 0.137. The molecule has 0 aliphatic rings. The molecule has 0 saturated carbocycles. The van der Waals surface area contributed by atoms with Crippen molar-refractivity contribution in [3.05, 3.63) is 12.2 Å². The molecular weight excluding hydrogens is 188 g/mol. The minimum Gasteiger partial charge on any atom is -0.478 e. The first kappa shape index (κ1) is 15.1. The monoisotopic (exact) mass is 204 g/mol. The molecule has 0 spiro atoms. The Balaban J connectivity index is 0. The maximum Gasteiger partial charge on any atom is 0.347 e. The van der Waals surface area contributed by atoms with E-state index in [0.29, 0.717) is 0 Å². The molecule has 0 fully saturated rings. The minimum absolute atomic E-state index is 0.176. The van der Waals surface area contributed by atoms with Crippen LogP contribution in [0.15, 0.2) is 12.2 Å². The van der Waals surface area contributed by atoms with Gasteiger partial charge in [-0.05, 0) is 27.7 Å². The average Bonchev–Trinajstić information content (AvgIpc) is 2.02. The van der Waals surface area contributed by atoms with Gasteiger partial charge in [-0.15, -0.1) is 0 Å². The van der Waals surface area contributed by atoms with Crippen molar-refractivity contribution < 1.29 is 24.8 Å². The van der Waals surface area contributed by atoms with Gasteiger partial charge < -0.3 is 9.99 Å². The largest absolute Gasteiger partial charge is 0.478 e. The van der Waals surface area contributed by atoms with E-state index < -0.39 is 17.4 Å². The topological polar surface area (TPSA) is 83.8 Å². The molecule has 0 aromatic rings. The highest BCUT2D eigenvalue weighted by Gasteiger charge is 2.22. The lowest BCUT2D eigenvalue weighted by Gasteiger charge is -2.11. The number of carboxylic acid groups (broad SMARTS) is 1. The summed E-state index contributed by atoms with van der Waals surface area (Å²) in [5.41, 5.74) is -0.427. The lowest BCUT2D eigenvalue weighted by Crippen LogP contribution is -2.21. The van der Waals surface area contributed by atoms with Crippen molar-refractivity contribution in [2.24, 2.45) is 5.41 Å². The molecule has 0 atom stereocenters. The molecule has 0 radical (unpaired) electrons. The molecule has 0 heterocycles. The van der Waals surface area contributed by atoms with Gasteiger partial charge in [0.2, 0.25) is 0 Å². The van der Waals surface area contributed by atoms with E-state index in [-0.39, 0.29) is 5.57 Å². The summed E-state index contributed by atoms with van der Waals surface area (Å²) in [6.07, 6.45) is 0. The number of carbonyl (C=O) groups excluding carboxylic acids is 1. The van der Waals surface area contributed by atoms with Crippen molar-refractivity contribution in [3.8, 4) is 0 Å². The Bertz CT molecular complexity index is 212. The third kappa shape index (κ3) is 8.73. The zero-order chi connectivity index (χ0) is 11.9. The van der Waals surface area contributed by atoms with Gasteiger partial charge in [-0.1, -0.05) is 6.58 Å². The van der Waals surface area contributed by atoms with Crippen LogP contribution in [0.1, 0.15) is 27.7 Å². The number of carboxylic acids is 1. The molecule has 0 aromatic carbocycles. The lowest BCUT2D eigenvalue weighted by atomic mass is 9.98. The number of rotatable bonds is 1. The Labute approximate surface area is 82.9 Å². The van der Waals surface area contributed by atoms with Crippen LogP contribution in [0.25, 0.3) is 0 Å². The van der Waals surface area contributed by atoms with Crippen LogP contribution in [-0.4, -0.2) is 22.3 Å². The van der Waals surface area contributed by atoms with Gasteiger partial charge in [-0.3, -0.25) is 0 Å². The van der Waals surface area contributed by atoms with E-state index in [4.69, 9.17) is 10.4 Å². The summed E-state index contributed by atoms with van der Waals surface area (Å²) in [6.45, 7) is 9.58. The normalized spacial score (nSPS) is 9.50. The van der Waals surface area contributed by atoms with Gasteiger partial charge in [-0.25, -0.2) is 9.59 Å². The van der Waals surface area contributed by atoms with Gasteiger partial charge in [0.1, 0.15) is 0 Å². The molecule has 0 rings (SSSR count). The SMILES string of the molecule is C=C(C)C(=O)O.CC(C)(C)C(=O)OO. The molecule has 0 bridgehead atoms. The van der Waals surface area contributed by atoms with Crippen LogP contribution < -0.4 is 0 Å². The maximum absolute atomic E-state index is 10.4. The van der Waals surface area contributed by atoms with Gasteiger partial charge in [0.05, 0.1) is 5.41 Å². The van der Waals surface area contributed by atoms with E-state index in [1.807, 2.05) is 0 Å². The van der Waals surface area contributed by atoms with Crippen molar-refractivity contribution in [2.45, 2.75) is 27.7 Å². The fourth-order valence-corrected chi connectivity index (χ4v) is 0.137. The Morgan fingerprint density at radius 2 is 1.57 bits per heavy atom. The van der Waals surface area contributed by atoms with Gasteiger partial charge in [0, 0.05) is 5.57 Å². The smallest absolute Gasteiger partial charge is 0.347 e. The molecule has 14 heavy (non-hydrogen) atoms. The molecule has 0 aromatic heterocycles. The number of carbonyl (C=O) groups is 2. The third-order valence-electron chi connectivity index (χ3n) is 1.06. The summed E-state index contributed by atoms with van der Waals surface area (Å²) >= 11 is 0. The van der Waals surface area contributed by atoms with Gasteiger partial charge >= 0.3 is 11.9 Å². The van der Waals surface area contributed by atoms with Crippen molar-refractivity contribution in [1.29, 1.82) is 0 Å². The molecule has 0 aliphatic carbocycles. The van der Waals surface area contributed by atoms with Crippen LogP contribution in [0.2, 0.25) is 0 Å². The van der Waals surface area contributed by atoms with Crippen molar-refractivity contribution >= 4 is 11.9 Å². The van der Waals surface area contributed by atoms with Crippen LogP contribution in [0.3, 0.4) is 0 Å². The van der Waals surface area contributed by atoms with Crippen LogP contribution >= 0.6 is 0 Å². The number of hydrogen-bond acceptors (Lipinski definition) is 4. The minimum atomic E-state index is -0.935. The Morgan fingerprint density at radius 3 is 1.57 bits per heavy atom. The van der Waals surface area contributed by atoms with Crippen LogP contribution in [0.4, 0.5) is 0 Å². The predicted molar refractivity (Wildman–Crippen MR) is 50.6 cm³/mol. The van der Waals surface area contributed by atoms with E-state index in [9.17, 15) is 9.59 Å². The van der Waals surface area contributed by atoms with Crippen LogP contribution in [0.5, 0.6) is 0 Å². The number of aliphatic carboxylic acids is 1. The molecule has 0 aliphatic heterocycles. The maximum atomic E-state index is 10.4. The van der Waals surface area contributed by atoms with E-state index >= 15 is 0 Å². The molecule has 2 N–H and O–H groups in total. The molecule has 5 heteroatoms. The van der Waals surface area contributed by atoms with E-state index in [2.05, 4.69) is 11.5 Å². The molecule has 0 unspecified atom stereocenters. The van der Waals surface area contributed by atoms with Crippen molar-refractivity contribution in [3.63, 3.8) is 0 Å². The second-order valence-electron chi connectivity index (χ2n) is 3.71. The Hall–Kier alpha value is -1.36. The summed E-state index contributed by atoms with van der Waals surface area (Å²) in [5, 5.41) is 15.7. The first-order chi connectivity index (χ1) is 6.12.